The van der Waals surface area contributed by atoms with Gasteiger partial charge in [-0.1, -0.05) is 0 Å². The largest absolute Gasteiger partial charge is 0.468 e. The highest BCUT2D eigenvalue weighted by Gasteiger charge is 1.88. The number of nitrogens with two attached hydrogens (primary N) is 1. The Morgan fingerprint density at radius 2 is 2.50 bits per heavy atom. The number of carbonyl (C=O) groups is 1. The molecule has 0 fully saturated rings. The van der Waals surface area contributed by atoms with Crippen molar-refractivity contribution in [2.75, 3.05) is 12.3 Å². The second-order valence-corrected chi connectivity index (χ2v) is 2.02. The Kier molecular flexibility index (Phi) is 5.42. The van der Waals surface area contributed by atoms with Crippen LogP contribution < -0.4 is 5.73 Å². The van der Waals surface area contributed by atoms with Crippen LogP contribution in [0, 0.1) is 6.92 Å². The van der Waals surface area contributed by atoms with E-state index >= 15 is 0 Å². The van der Waals surface area contributed by atoms with E-state index in [0.29, 0.717) is 18.9 Å². The van der Waals surface area contributed by atoms with E-state index in [1.165, 1.54) is 0 Å². The van der Waals surface area contributed by atoms with Crippen LogP contribution in [-0.4, -0.2) is 23.3 Å². The average Bonchev–Trinajstić information content (AvgIpc) is 2.39. The van der Waals surface area contributed by atoms with Crippen molar-refractivity contribution in [3.05, 3.63) is 11.8 Å². The second kappa shape index (κ2) is 6.21. The average molecular weight is 171 g/mol. The van der Waals surface area contributed by atoms with Crippen LogP contribution in [0.4, 0.5) is 5.82 Å². The van der Waals surface area contributed by atoms with Crippen LogP contribution in [0.25, 0.3) is 0 Å². The molecule has 0 aromatic carbocycles. The van der Waals surface area contributed by atoms with Gasteiger partial charge in [0.2, 0.25) is 0 Å². The van der Waals surface area contributed by atoms with Crippen LogP contribution in [0.2, 0.25) is 0 Å². The molecule has 0 amide bonds. The van der Waals surface area contributed by atoms with Gasteiger partial charge in [-0.05, 0) is 13.8 Å². The Balaban J connectivity index is 0.000000217. The predicted octanol–water partition coefficient (Wildman–Crippen LogP) is 0.480. The van der Waals surface area contributed by atoms with Crippen molar-refractivity contribution < 1.29 is 9.53 Å². The van der Waals surface area contributed by atoms with Crippen molar-refractivity contribution >= 4 is 12.3 Å². The van der Waals surface area contributed by atoms with Gasteiger partial charge in [-0.2, -0.15) is 5.10 Å². The summed E-state index contributed by atoms with van der Waals surface area (Å²) in [6.45, 7) is 4.57. The van der Waals surface area contributed by atoms with Crippen molar-refractivity contribution in [3.8, 4) is 0 Å². The quantitative estimate of drug-likeness (QED) is 0.634. The molecule has 0 spiro atoms. The monoisotopic (exact) mass is 171 g/mol. The lowest BCUT2D eigenvalue weighted by Crippen LogP contribution is -1.85. The minimum Gasteiger partial charge on any atom is -0.468 e. The Morgan fingerprint density at radius 3 is 2.58 bits per heavy atom. The van der Waals surface area contributed by atoms with Crippen LogP contribution in [0.5, 0.6) is 0 Å². The molecule has 1 heterocycles. The van der Waals surface area contributed by atoms with E-state index in [9.17, 15) is 4.79 Å². The first kappa shape index (κ1) is 10.5. The Morgan fingerprint density at radius 1 is 1.83 bits per heavy atom. The third-order valence-electron chi connectivity index (χ3n) is 1.10. The first-order valence-corrected chi connectivity index (χ1v) is 3.53. The number of carbonyl (C=O) groups excluding carboxylic acids is 1. The van der Waals surface area contributed by atoms with Crippen molar-refractivity contribution in [3.63, 3.8) is 0 Å². The number of aryl methyl sites for hydroxylation is 1. The summed E-state index contributed by atoms with van der Waals surface area (Å²) < 4.78 is 4.15. The zero-order valence-corrected chi connectivity index (χ0v) is 7.20. The number of hydrogen-bond acceptors (Lipinski definition) is 4. The van der Waals surface area contributed by atoms with E-state index in [-0.39, 0.29) is 0 Å². The highest BCUT2D eigenvalue weighted by molar-refractivity contribution is 5.36. The van der Waals surface area contributed by atoms with Gasteiger partial charge in [0.1, 0.15) is 5.82 Å². The number of nitrogens with one attached hydrogen (secondary N) is 1. The fraction of sp³-hybridized carbons (Fsp3) is 0.429. The molecule has 0 unspecified atom stereocenters. The number of H-pyrrole nitrogens is 1. The van der Waals surface area contributed by atoms with Gasteiger partial charge < -0.3 is 10.5 Å². The van der Waals surface area contributed by atoms with Gasteiger partial charge in [0, 0.05) is 5.56 Å². The van der Waals surface area contributed by atoms with Crippen molar-refractivity contribution in [1.82, 2.24) is 10.2 Å². The normalized spacial score (nSPS) is 8.17. The Bertz CT molecular complexity index is 206. The van der Waals surface area contributed by atoms with Crippen LogP contribution in [0.1, 0.15) is 12.5 Å². The van der Waals surface area contributed by atoms with Crippen LogP contribution in [-0.2, 0) is 9.53 Å². The zero-order chi connectivity index (χ0) is 9.40. The Hall–Kier alpha value is -1.52. The fourth-order valence-electron chi connectivity index (χ4n) is 0.424. The van der Waals surface area contributed by atoms with Gasteiger partial charge in [-0.3, -0.25) is 9.89 Å². The molecule has 0 saturated heterocycles. The maximum absolute atomic E-state index is 9.18. The molecule has 0 bridgehead atoms. The number of nitrogen functional groups attached to an aromatic ring is 1. The third kappa shape index (κ3) is 4.32. The van der Waals surface area contributed by atoms with Gasteiger partial charge in [0.25, 0.3) is 6.47 Å². The molecule has 0 saturated carbocycles. The van der Waals surface area contributed by atoms with Crippen molar-refractivity contribution in [1.29, 1.82) is 0 Å². The maximum Gasteiger partial charge on any atom is 0.293 e. The fourth-order valence-corrected chi connectivity index (χ4v) is 0.424. The van der Waals surface area contributed by atoms with E-state index in [1.54, 1.807) is 13.1 Å². The molecule has 12 heavy (non-hydrogen) atoms. The third-order valence-corrected chi connectivity index (χ3v) is 1.10. The number of hydrogen-bond donors (Lipinski definition) is 2. The summed E-state index contributed by atoms with van der Waals surface area (Å²) >= 11 is 0. The first-order valence-electron chi connectivity index (χ1n) is 3.53. The molecule has 3 N–H and O–H groups in total. The topological polar surface area (TPSA) is 81.0 Å². The standard InChI is InChI=1S/C4H7N3.C3H6O2/c1-3-2-6-7-4(3)5;1-2-5-3-4/h2H,1H3,(H3,5,6,7);3H,2H2,1H3. The molecule has 68 valence electrons. The summed E-state index contributed by atoms with van der Waals surface area (Å²) in [6, 6.07) is 0. The minimum absolute atomic E-state index is 0.431. The lowest BCUT2D eigenvalue weighted by Gasteiger charge is -1.79. The SMILES string of the molecule is CCOC=O.Cc1cn[nH]c1N. The van der Waals surface area contributed by atoms with Crippen LogP contribution >= 0.6 is 0 Å². The summed E-state index contributed by atoms with van der Waals surface area (Å²) in [5.74, 6) is 0.653. The summed E-state index contributed by atoms with van der Waals surface area (Å²) in [4.78, 5) is 9.18. The van der Waals surface area contributed by atoms with Crippen LogP contribution in [0.15, 0.2) is 6.20 Å². The molecule has 0 aliphatic rings. The lowest BCUT2D eigenvalue weighted by atomic mass is 10.4. The predicted molar refractivity (Wildman–Crippen MR) is 45.4 cm³/mol. The van der Waals surface area contributed by atoms with Gasteiger partial charge in [-0.25, -0.2) is 0 Å². The number of anilines is 1. The molecular formula is C7H13N3O2. The smallest absolute Gasteiger partial charge is 0.293 e. The zero-order valence-electron chi connectivity index (χ0n) is 7.20. The van der Waals surface area contributed by atoms with Gasteiger partial charge in [-0.15, -0.1) is 0 Å². The number of rotatable bonds is 2. The van der Waals surface area contributed by atoms with Gasteiger partial charge >= 0.3 is 0 Å². The van der Waals surface area contributed by atoms with Gasteiger partial charge in [0.15, 0.2) is 0 Å². The highest BCUT2D eigenvalue weighted by atomic mass is 16.5. The molecule has 0 aliphatic carbocycles. The van der Waals surface area contributed by atoms with E-state index in [2.05, 4.69) is 14.9 Å². The summed E-state index contributed by atoms with van der Waals surface area (Å²) in [7, 11) is 0. The van der Waals surface area contributed by atoms with Crippen LogP contribution in [0.3, 0.4) is 0 Å². The summed E-state index contributed by atoms with van der Waals surface area (Å²) in [5, 5.41) is 6.27. The molecule has 0 aliphatic heterocycles. The first-order chi connectivity index (χ1) is 5.72. The molecular weight excluding hydrogens is 158 g/mol. The number of aromatic nitrogens is 2. The van der Waals surface area contributed by atoms with E-state index in [1.807, 2.05) is 6.92 Å². The second-order valence-electron chi connectivity index (χ2n) is 2.02. The van der Waals surface area contributed by atoms with Crippen molar-refractivity contribution in [2.45, 2.75) is 13.8 Å². The molecule has 5 nitrogen and oxygen atoms in total. The van der Waals surface area contributed by atoms with E-state index in [4.69, 9.17) is 5.73 Å². The number of nitrogens with zero attached hydrogens (tertiary/aromatic N) is 1. The number of ether oxygens (including phenoxy) is 1. The lowest BCUT2D eigenvalue weighted by molar-refractivity contribution is -0.128. The summed E-state index contributed by atoms with van der Waals surface area (Å²) in [5.41, 5.74) is 6.32. The molecule has 1 aromatic rings. The summed E-state index contributed by atoms with van der Waals surface area (Å²) in [6.07, 6.45) is 1.69. The van der Waals surface area contributed by atoms with Crippen molar-refractivity contribution in [2.24, 2.45) is 0 Å². The molecule has 5 heteroatoms. The number of aromatic amines is 1. The molecule has 0 radical (unpaired) electrons. The molecule has 1 rings (SSSR count). The molecule has 0 atom stereocenters. The van der Waals surface area contributed by atoms with E-state index in [0.717, 1.165) is 5.56 Å². The van der Waals surface area contributed by atoms with Gasteiger partial charge in [0.05, 0.1) is 12.8 Å². The maximum atomic E-state index is 9.18. The highest BCUT2D eigenvalue weighted by Crippen LogP contribution is 2.00. The van der Waals surface area contributed by atoms with E-state index < -0.39 is 0 Å². The Labute approximate surface area is 70.9 Å². The minimum atomic E-state index is 0.431. The molecule has 1 aromatic heterocycles.